The monoisotopic (exact) mass is 314 g/mol. The molecule has 1 saturated heterocycles. The first-order chi connectivity index (χ1) is 11.2. The second kappa shape index (κ2) is 6.51. The van der Waals surface area contributed by atoms with Gasteiger partial charge in [-0.3, -0.25) is 9.78 Å². The molecule has 0 unspecified atom stereocenters. The van der Waals surface area contributed by atoms with Crippen molar-refractivity contribution in [1.29, 1.82) is 0 Å². The van der Waals surface area contributed by atoms with E-state index in [2.05, 4.69) is 15.6 Å². The fourth-order valence-corrected chi connectivity index (χ4v) is 2.48. The maximum absolute atomic E-state index is 12.2. The molecule has 1 aliphatic heterocycles. The van der Waals surface area contributed by atoms with Crippen LogP contribution in [0, 0.1) is 0 Å². The minimum Gasteiger partial charge on any atom is -0.497 e. The van der Waals surface area contributed by atoms with E-state index >= 15 is 0 Å². The number of ether oxygens (including phenoxy) is 1. The van der Waals surface area contributed by atoms with E-state index in [-0.39, 0.29) is 11.9 Å². The summed E-state index contributed by atoms with van der Waals surface area (Å²) in [5.41, 5.74) is 1.27. The molecular weight excluding hydrogens is 296 g/mol. The molecule has 23 heavy (non-hydrogen) atoms. The SMILES string of the molecule is COc1ccc2cc(C(=O)NCCN3CCNC3=O)cnc2c1. The van der Waals surface area contributed by atoms with Gasteiger partial charge in [-0.2, -0.15) is 0 Å². The Bertz CT molecular complexity index is 747. The molecule has 0 saturated carbocycles. The van der Waals surface area contributed by atoms with Gasteiger partial charge < -0.3 is 20.3 Å². The Hall–Kier alpha value is -2.83. The highest BCUT2D eigenvalue weighted by atomic mass is 16.5. The molecule has 0 radical (unpaired) electrons. The number of fused-ring (bicyclic) bond motifs is 1. The van der Waals surface area contributed by atoms with Crippen LogP contribution >= 0.6 is 0 Å². The summed E-state index contributed by atoms with van der Waals surface area (Å²) in [4.78, 5) is 29.5. The van der Waals surface area contributed by atoms with E-state index in [0.717, 1.165) is 16.7 Å². The van der Waals surface area contributed by atoms with Crippen LogP contribution in [0.25, 0.3) is 10.9 Å². The third-order valence-corrected chi connectivity index (χ3v) is 3.77. The molecule has 0 spiro atoms. The van der Waals surface area contributed by atoms with E-state index in [9.17, 15) is 9.59 Å². The van der Waals surface area contributed by atoms with Gasteiger partial charge in [-0.05, 0) is 18.2 Å². The summed E-state index contributed by atoms with van der Waals surface area (Å²) in [5.74, 6) is 0.529. The predicted octanol–water partition coefficient (Wildman–Crippen LogP) is 0.998. The summed E-state index contributed by atoms with van der Waals surface area (Å²) in [6.07, 6.45) is 1.54. The molecule has 0 bridgehead atoms. The zero-order valence-electron chi connectivity index (χ0n) is 12.8. The van der Waals surface area contributed by atoms with E-state index in [1.54, 1.807) is 24.3 Å². The number of nitrogens with one attached hydrogen (secondary N) is 2. The highest BCUT2D eigenvalue weighted by molar-refractivity contribution is 5.97. The first-order valence-corrected chi connectivity index (χ1v) is 7.42. The molecule has 7 heteroatoms. The zero-order valence-corrected chi connectivity index (χ0v) is 12.8. The Morgan fingerprint density at radius 1 is 1.43 bits per heavy atom. The Kier molecular flexibility index (Phi) is 4.27. The average molecular weight is 314 g/mol. The molecule has 2 N–H and O–H groups in total. The quantitative estimate of drug-likeness (QED) is 0.862. The van der Waals surface area contributed by atoms with E-state index in [1.807, 2.05) is 18.2 Å². The van der Waals surface area contributed by atoms with Gasteiger partial charge in [0.15, 0.2) is 0 Å². The third kappa shape index (κ3) is 3.33. The van der Waals surface area contributed by atoms with Crippen molar-refractivity contribution in [3.8, 4) is 5.75 Å². The molecule has 1 fully saturated rings. The van der Waals surface area contributed by atoms with Crippen LogP contribution in [0.2, 0.25) is 0 Å². The lowest BCUT2D eigenvalue weighted by Gasteiger charge is -2.14. The van der Waals surface area contributed by atoms with Crippen LogP contribution in [0.15, 0.2) is 30.5 Å². The number of methoxy groups -OCH3 is 1. The zero-order chi connectivity index (χ0) is 16.2. The van der Waals surface area contributed by atoms with Crippen LogP contribution in [0.1, 0.15) is 10.4 Å². The van der Waals surface area contributed by atoms with Crippen molar-refractivity contribution in [2.45, 2.75) is 0 Å². The van der Waals surface area contributed by atoms with Crippen molar-refractivity contribution in [1.82, 2.24) is 20.5 Å². The number of urea groups is 1. The van der Waals surface area contributed by atoms with Crippen molar-refractivity contribution >= 4 is 22.8 Å². The van der Waals surface area contributed by atoms with Crippen molar-refractivity contribution in [2.24, 2.45) is 0 Å². The molecular formula is C16H18N4O3. The maximum atomic E-state index is 12.2. The van der Waals surface area contributed by atoms with E-state index in [0.29, 0.717) is 31.7 Å². The van der Waals surface area contributed by atoms with Crippen LogP contribution in [-0.4, -0.2) is 55.1 Å². The maximum Gasteiger partial charge on any atom is 0.317 e. The van der Waals surface area contributed by atoms with Gasteiger partial charge >= 0.3 is 6.03 Å². The Labute approximate surface area is 133 Å². The number of nitrogens with zero attached hydrogens (tertiary/aromatic N) is 2. The molecule has 7 nitrogen and oxygen atoms in total. The number of carbonyl (C=O) groups excluding carboxylic acids is 2. The van der Waals surface area contributed by atoms with Gasteiger partial charge in [-0.1, -0.05) is 0 Å². The van der Waals surface area contributed by atoms with Gasteiger partial charge in [-0.15, -0.1) is 0 Å². The Balaban J connectivity index is 1.62. The van der Waals surface area contributed by atoms with Crippen LogP contribution in [0.4, 0.5) is 4.79 Å². The lowest BCUT2D eigenvalue weighted by Crippen LogP contribution is -2.36. The van der Waals surface area contributed by atoms with Gasteiger partial charge in [-0.25, -0.2) is 4.79 Å². The van der Waals surface area contributed by atoms with Crippen molar-refractivity contribution < 1.29 is 14.3 Å². The van der Waals surface area contributed by atoms with Gasteiger partial charge in [0.05, 0.1) is 18.2 Å². The van der Waals surface area contributed by atoms with Crippen molar-refractivity contribution in [3.63, 3.8) is 0 Å². The summed E-state index contributed by atoms with van der Waals surface area (Å²) < 4.78 is 5.15. The number of amides is 3. The van der Waals surface area contributed by atoms with Crippen molar-refractivity contribution in [3.05, 3.63) is 36.0 Å². The molecule has 2 aromatic rings. The molecule has 3 amide bonds. The summed E-state index contributed by atoms with van der Waals surface area (Å²) >= 11 is 0. The van der Waals surface area contributed by atoms with E-state index in [4.69, 9.17) is 4.74 Å². The van der Waals surface area contributed by atoms with Crippen LogP contribution < -0.4 is 15.4 Å². The predicted molar refractivity (Wildman–Crippen MR) is 85.6 cm³/mol. The highest BCUT2D eigenvalue weighted by Crippen LogP contribution is 2.19. The molecule has 1 aliphatic rings. The Morgan fingerprint density at radius 2 is 2.30 bits per heavy atom. The first kappa shape index (κ1) is 15.1. The Morgan fingerprint density at radius 3 is 3.04 bits per heavy atom. The summed E-state index contributed by atoms with van der Waals surface area (Å²) in [6.45, 7) is 2.24. The number of hydrogen-bond acceptors (Lipinski definition) is 4. The van der Waals surface area contributed by atoms with Crippen LogP contribution in [0.3, 0.4) is 0 Å². The number of benzene rings is 1. The number of hydrogen-bond donors (Lipinski definition) is 2. The lowest BCUT2D eigenvalue weighted by molar-refractivity contribution is 0.0950. The highest BCUT2D eigenvalue weighted by Gasteiger charge is 2.18. The molecule has 0 aliphatic carbocycles. The number of carbonyl (C=O) groups is 2. The van der Waals surface area contributed by atoms with Gasteiger partial charge in [0, 0.05) is 43.8 Å². The third-order valence-electron chi connectivity index (χ3n) is 3.77. The minimum absolute atomic E-state index is 0.0828. The normalized spacial score (nSPS) is 14.0. The molecule has 0 atom stereocenters. The lowest BCUT2D eigenvalue weighted by atomic mass is 10.1. The molecule has 2 heterocycles. The smallest absolute Gasteiger partial charge is 0.317 e. The standard InChI is InChI=1S/C16H18N4O3/c1-23-13-3-2-11-8-12(10-19-14(11)9-13)15(21)17-4-6-20-7-5-18-16(20)22/h2-3,8-10H,4-7H2,1H3,(H,17,21)(H,18,22). The van der Waals surface area contributed by atoms with Crippen LogP contribution in [-0.2, 0) is 0 Å². The summed E-state index contributed by atoms with van der Waals surface area (Å²) in [7, 11) is 1.60. The van der Waals surface area contributed by atoms with Gasteiger partial charge in [0.2, 0.25) is 0 Å². The largest absolute Gasteiger partial charge is 0.497 e. The molecule has 1 aromatic heterocycles. The van der Waals surface area contributed by atoms with E-state index in [1.165, 1.54) is 0 Å². The summed E-state index contributed by atoms with van der Waals surface area (Å²) in [5, 5.41) is 6.40. The molecule has 120 valence electrons. The minimum atomic E-state index is -0.199. The molecule has 3 rings (SSSR count). The topological polar surface area (TPSA) is 83.6 Å². The van der Waals surface area contributed by atoms with Gasteiger partial charge in [0.1, 0.15) is 5.75 Å². The number of pyridine rings is 1. The second-order valence-corrected chi connectivity index (χ2v) is 5.26. The summed E-state index contributed by atoms with van der Waals surface area (Å²) in [6, 6.07) is 7.23. The number of aromatic nitrogens is 1. The van der Waals surface area contributed by atoms with E-state index < -0.39 is 0 Å². The second-order valence-electron chi connectivity index (χ2n) is 5.26. The van der Waals surface area contributed by atoms with Crippen LogP contribution in [0.5, 0.6) is 5.75 Å². The number of rotatable bonds is 5. The van der Waals surface area contributed by atoms with Gasteiger partial charge in [0.25, 0.3) is 5.91 Å². The average Bonchev–Trinajstić information content (AvgIpc) is 2.99. The fourth-order valence-electron chi connectivity index (χ4n) is 2.48. The first-order valence-electron chi connectivity index (χ1n) is 7.42. The fraction of sp³-hybridized carbons (Fsp3) is 0.312. The molecule has 1 aromatic carbocycles. The van der Waals surface area contributed by atoms with Crippen molar-refractivity contribution in [2.75, 3.05) is 33.3 Å².